The van der Waals surface area contributed by atoms with E-state index in [9.17, 15) is 14.4 Å². The number of carbonyl (C=O) groups excluding carboxylic acids is 3. The Labute approximate surface area is 175 Å². The van der Waals surface area contributed by atoms with Gasteiger partial charge in [-0.25, -0.2) is 0 Å². The number of fused-ring (bicyclic) bond motifs is 2. The fourth-order valence-electron chi connectivity index (χ4n) is 3.14. The molecule has 0 bridgehead atoms. The number of carbonyl (C=O) groups is 3. The van der Waals surface area contributed by atoms with Crippen LogP contribution in [0, 0.1) is 11.8 Å². The Morgan fingerprint density at radius 2 is 1.62 bits per heavy atom. The van der Waals surface area contributed by atoms with E-state index in [4.69, 9.17) is 0 Å². The number of anilines is 1. The molecule has 5 nitrogen and oxygen atoms in total. The average Bonchev–Trinajstić information content (AvgIpc) is 2.69. The highest BCUT2D eigenvalue weighted by molar-refractivity contribution is 7.96. The van der Waals surface area contributed by atoms with Crippen LogP contribution in [0.2, 0.25) is 0 Å². The molecule has 0 saturated heterocycles. The molecule has 0 aromatic heterocycles. The van der Waals surface area contributed by atoms with E-state index in [0.29, 0.717) is 13.0 Å². The summed E-state index contributed by atoms with van der Waals surface area (Å²) in [6, 6.07) is 15.4. The number of para-hydroxylation sites is 1. The third kappa shape index (κ3) is 5.72. The van der Waals surface area contributed by atoms with Gasteiger partial charge >= 0.3 is 0 Å². The summed E-state index contributed by atoms with van der Waals surface area (Å²) in [4.78, 5) is 37.4. The van der Waals surface area contributed by atoms with Crippen LogP contribution in [-0.4, -0.2) is 23.5 Å². The van der Waals surface area contributed by atoms with E-state index in [1.165, 1.54) is 0 Å². The van der Waals surface area contributed by atoms with Gasteiger partial charge in [0, 0.05) is 36.9 Å². The largest absolute Gasteiger partial charge is 0.356 e. The summed E-state index contributed by atoms with van der Waals surface area (Å²) in [6.45, 7) is 0.678. The second kappa shape index (κ2) is 9.94. The number of thiol groups is 1. The van der Waals surface area contributed by atoms with Gasteiger partial charge in [-0.05, 0) is 30.2 Å². The molecule has 29 heavy (non-hydrogen) atoms. The molecule has 1 N–H and O–H groups in total. The van der Waals surface area contributed by atoms with Crippen molar-refractivity contribution >= 4 is 35.2 Å². The van der Waals surface area contributed by atoms with Gasteiger partial charge < -0.3 is 10.2 Å². The molecular formula is C23H22N2O3S. The molecular weight excluding hydrogens is 384 g/mol. The van der Waals surface area contributed by atoms with Gasteiger partial charge in [0.2, 0.25) is 11.8 Å². The average molecular weight is 407 g/mol. The van der Waals surface area contributed by atoms with Crippen LogP contribution in [0.25, 0.3) is 0 Å². The first kappa shape index (κ1) is 20.7. The molecule has 1 aliphatic rings. The number of nitrogens with one attached hydrogen (secondary N) is 1. The summed E-state index contributed by atoms with van der Waals surface area (Å²) in [5.41, 5.74) is 3.48. The number of amides is 2. The van der Waals surface area contributed by atoms with Crippen molar-refractivity contribution in [3.05, 3.63) is 65.2 Å². The summed E-state index contributed by atoms with van der Waals surface area (Å²) in [5, 5.41) is 2.52. The Hall–Kier alpha value is -3.04. The van der Waals surface area contributed by atoms with Gasteiger partial charge in [0.1, 0.15) is 0 Å². The zero-order valence-corrected chi connectivity index (χ0v) is 16.9. The maximum atomic E-state index is 13.0. The van der Waals surface area contributed by atoms with Crippen LogP contribution in [0.15, 0.2) is 48.5 Å². The Kier molecular flexibility index (Phi) is 7.09. The first-order valence-electron chi connectivity index (χ1n) is 9.52. The maximum Gasteiger partial charge on any atom is 0.229 e. The first-order valence-corrected chi connectivity index (χ1v) is 9.97. The number of rotatable bonds is 7. The van der Waals surface area contributed by atoms with E-state index in [-0.39, 0.29) is 42.7 Å². The smallest absolute Gasteiger partial charge is 0.229 e. The molecule has 0 fully saturated rings. The van der Waals surface area contributed by atoms with Crippen molar-refractivity contribution in [3.8, 4) is 11.8 Å². The molecule has 2 aromatic rings. The molecule has 0 radical (unpaired) electrons. The Morgan fingerprint density at radius 3 is 2.41 bits per heavy atom. The van der Waals surface area contributed by atoms with E-state index < -0.39 is 0 Å². The van der Waals surface area contributed by atoms with Gasteiger partial charge in [0.15, 0.2) is 5.12 Å². The lowest BCUT2D eigenvalue weighted by Crippen LogP contribution is -2.35. The SMILES string of the molecule is O=C(S)CCCC(=O)NCCC(=O)N1Cc2ccccc2C#Cc2ccccc21. The fraction of sp³-hybridized carbons (Fsp3) is 0.261. The van der Waals surface area contributed by atoms with E-state index in [1.807, 2.05) is 48.5 Å². The van der Waals surface area contributed by atoms with Crippen molar-refractivity contribution in [2.75, 3.05) is 11.4 Å². The van der Waals surface area contributed by atoms with Crippen molar-refractivity contribution in [1.82, 2.24) is 5.32 Å². The molecule has 0 aliphatic carbocycles. The molecule has 148 valence electrons. The Morgan fingerprint density at radius 1 is 0.931 bits per heavy atom. The quantitative estimate of drug-likeness (QED) is 0.549. The lowest BCUT2D eigenvalue weighted by atomic mass is 10.0. The van der Waals surface area contributed by atoms with Crippen molar-refractivity contribution in [1.29, 1.82) is 0 Å². The minimum atomic E-state index is -0.230. The second-order valence-corrected chi connectivity index (χ2v) is 7.25. The van der Waals surface area contributed by atoms with Gasteiger partial charge in [-0.3, -0.25) is 14.4 Å². The van der Waals surface area contributed by atoms with Crippen LogP contribution < -0.4 is 10.2 Å². The van der Waals surface area contributed by atoms with Crippen molar-refractivity contribution in [3.63, 3.8) is 0 Å². The van der Waals surface area contributed by atoms with Crippen LogP contribution in [-0.2, 0) is 20.9 Å². The van der Waals surface area contributed by atoms with Crippen molar-refractivity contribution < 1.29 is 14.4 Å². The van der Waals surface area contributed by atoms with Crippen LogP contribution >= 0.6 is 12.6 Å². The summed E-state index contributed by atoms with van der Waals surface area (Å²) in [5.74, 6) is 6.11. The van der Waals surface area contributed by atoms with Gasteiger partial charge in [0.05, 0.1) is 12.2 Å². The van der Waals surface area contributed by atoms with Gasteiger partial charge in [-0.2, -0.15) is 0 Å². The van der Waals surface area contributed by atoms with Gasteiger partial charge in [-0.1, -0.05) is 42.2 Å². The molecule has 2 aromatic carbocycles. The molecule has 6 heteroatoms. The molecule has 3 rings (SSSR count). The zero-order valence-electron chi connectivity index (χ0n) is 16.0. The second-order valence-electron chi connectivity index (χ2n) is 6.75. The van der Waals surface area contributed by atoms with Crippen molar-refractivity contribution in [2.45, 2.75) is 32.2 Å². The van der Waals surface area contributed by atoms with Crippen LogP contribution in [0.1, 0.15) is 42.4 Å². The first-order chi connectivity index (χ1) is 14.0. The normalized spacial score (nSPS) is 11.8. The monoisotopic (exact) mass is 406 g/mol. The Bertz CT molecular complexity index is 991. The zero-order chi connectivity index (χ0) is 20.6. The van der Waals surface area contributed by atoms with Gasteiger partial charge in [-0.15, -0.1) is 12.6 Å². The molecule has 0 atom stereocenters. The summed E-state index contributed by atoms with van der Waals surface area (Å²) in [7, 11) is 0. The highest BCUT2D eigenvalue weighted by Crippen LogP contribution is 2.25. The van der Waals surface area contributed by atoms with Crippen LogP contribution in [0.3, 0.4) is 0 Å². The number of nitrogens with zero attached hydrogens (tertiary/aromatic N) is 1. The third-order valence-electron chi connectivity index (χ3n) is 4.63. The molecule has 0 spiro atoms. The maximum absolute atomic E-state index is 13.0. The molecule has 0 unspecified atom stereocenters. The van der Waals surface area contributed by atoms with E-state index in [2.05, 4.69) is 29.8 Å². The minimum Gasteiger partial charge on any atom is -0.356 e. The standard InChI is InChI=1S/C23H22N2O3S/c26-21(10-5-11-23(28)29)24-15-14-22(27)25-16-19-8-2-1-6-17(19)12-13-18-7-3-4-9-20(18)25/h1-4,6-9H,5,10-11,14-16H2,(H,24,26)(H,28,29). The van der Waals surface area contributed by atoms with Crippen LogP contribution in [0.5, 0.6) is 0 Å². The topological polar surface area (TPSA) is 66.5 Å². The molecule has 1 heterocycles. The summed E-state index contributed by atoms with van der Waals surface area (Å²) < 4.78 is 0. The predicted octanol–water partition coefficient (Wildman–Crippen LogP) is 3.07. The lowest BCUT2D eigenvalue weighted by molar-refractivity contribution is -0.121. The predicted molar refractivity (Wildman–Crippen MR) is 116 cm³/mol. The molecule has 2 amide bonds. The van der Waals surface area contributed by atoms with Gasteiger partial charge in [0.25, 0.3) is 0 Å². The number of hydrogen-bond donors (Lipinski definition) is 2. The Balaban J connectivity index is 1.68. The number of hydrogen-bond acceptors (Lipinski definition) is 3. The lowest BCUT2D eigenvalue weighted by Gasteiger charge is -2.26. The van der Waals surface area contributed by atoms with Crippen molar-refractivity contribution in [2.24, 2.45) is 0 Å². The van der Waals surface area contributed by atoms with E-state index in [1.54, 1.807) is 4.90 Å². The summed E-state index contributed by atoms with van der Waals surface area (Å²) in [6.07, 6.45) is 1.15. The minimum absolute atomic E-state index is 0.0817. The van der Waals surface area contributed by atoms with E-state index in [0.717, 1.165) is 22.4 Å². The fourth-order valence-corrected chi connectivity index (χ4v) is 3.30. The molecule has 1 aliphatic heterocycles. The third-order valence-corrected chi connectivity index (χ3v) is 4.85. The number of benzene rings is 2. The van der Waals surface area contributed by atoms with E-state index >= 15 is 0 Å². The highest BCUT2D eigenvalue weighted by Gasteiger charge is 2.20. The summed E-state index contributed by atoms with van der Waals surface area (Å²) >= 11 is 3.69. The van der Waals surface area contributed by atoms with Crippen LogP contribution in [0.4, 0.5) is 5.69 Å². The molecule has 0 saturated carbocycles. The highest BCUT2D eigenvalue weighted by atomic mass is 32.1.